The molecule has 0 amide bonds. The fraction of sp³-hybridized carbons (Fsp3) is 0.188. The highest BCUT2D eigenvalue weighted by atomic mass is 35.5. The maximum Gasteiger partial charge on any atom is 0.180 e. The smallest absolute Gasteiger partial charge is 0.180 e. The highest BCUT2D eigenvalue weighted by Crippen LogP contribution is 2.37. The highest BCUT2D eigenvalue weighted by Gasteiger charge is 2.13. The summed E-state index contributed by atoms with van der Waals surface area (Å²) in [6, 6.07) is 8.25. The summed E-state index contributed by atoms with van der Waals surface area (Å²) >= 11 is 18.1. The molecule has 0 saturated carbocycles. The van der Waals surface area contributed by atoms with E-state index in [1.807, 2.05) is 6.92 Å². The Morgan fingerprint density at radius 3 is 2.45 bits per heavy atom. The maximum absolute atomic E-state index is 10.9. The van der Waals surface area contributed by atoms with Crippen LogP contribution in [0, 0.1) is 0 Å². The number of hydrogen-bond acceptors (Lipinski definition) is 3. The Kier molecular flexibility index (Phi) is 5.95. The van der Waals surface area contributed by atoms with Crippen LogP contribution in [0.1, 0.15) is 22.8 Å². The van der Waals surface area contributed by atoms with Crippen LogP contribution >= 0.6 is 34.8 Å². The molecule has 116 valence electrons. The molecule has 0 spiro atoms. The van der Waals surface area contributed by atoms with Crippen molar-refractivity contribution in [2.24, 2.45) is 0 Å². The molecular formula is C16H13Cl3O3. The molecule has 0 aliphatic rings. The van der Waals surface area contributed by atoms with E-state index in [9.17, 15) is 4.79 Å². The Labute approximate surface area is 143 Å². The number of hydrogen-bond donors (Lipinski definition) is 0. The van der Waals surface area contributed by atoms with Crippen molar-refractivity contribution < 1.29 is 14.3 Å². The lowest BCUT2D eigenvalue weighted by molar-refractivity contribution is 0.112. The summed E-state index contributed by atoms with van der Waals surface area (Å²) < 4.78 is 11.2. The maximum atomic E-state index is 10.9. The molecular weight excluding hydrogens is 347 g/mol. The van der Waals surface area contributed by atoms with E-state index in [1.54, 1.807) is 24.3 Å². The number of carbonyl (C=O) groups is 1. The summed E-state index contributed by atoms with van der Waals surface area (Å²) in [5.74, 6) is 0.794. The first-order valence-corrected chi connectivity index (χ1v) is 7.66. The van der Waals surface area contributed by atoms with Gasteiger partial charge in [0.2, 0.25) is 0 Å². The normalized spacial score (nSPS) is 10.4. The summed E-state index contributed by atoms with van der Waals surface area (Å²) in [6.45, 7) is 2.47. The molecule has 2 rings (SSSR count). The first-order valence-electron chi connectivity index (χ1n) is 6.53. The van der Waals surface area contributed by atoms with Crippen LogP contribution in [0.25, 0.3) is 0 Å². The topological polar surface area (TPSA) is 35.5 Å². The molecule has 0 radical (unpaired) electrons. The van der Waals surface area contributed by atoms with Gasteiger partial charge in [0.15, 0.2) is 11.5 Å². The van der Waals surface area contributed by atoms with Gasteiger partial charge in [-0.3, -0.25) is 4.79 Å². The van der Waals surface area contributed by atoms with E-state index >= 15 is 0 Å². The minimum Gasteiger partial charge on any atom is -0.490 e. The van der Waals surface area contributed by atoms with Crippen molar-refractivity contribution in [3.63, 3.8) is 0 Å². The molecule has 0 unspecified atom stereocenters. The van der Waals surface area contributed by atoms with E-state index in [0.29, 0.717) is 45.0 Å². The number of halogens is 3. The molecule has 2 aromatic carbocycles. The molecule has 0 saturated heterocycles. The molecule has 6 heteroatoms. The van der Waals surface area contributed by atoms with Gasteiger partial charge in [-0.1, -0.05) is 40.9 Å². The highest BCUT2D eigenvalue weighted by molar-refractivity contribution is 6.35. The standard InChI is InChI=1S/C16H13Cl3O3/c1-2-21-15-6-10(8-20)5-14(19)16(15)22-9-11-3-4-12(17)7-13(11)18/h3-8H,2,9H2,1H3. The van der Waals surface area contributed by atoms with Gasteiger partial charge in [0.25, 0.3) is 0 Å². The van der Waals surface area contributed by atoms with Crippen LogP contribution in [-0.4, -0.2) is 12.9 Å². The van der Waals surface area contributed by atoms with Crippen molar-refractivity contribution in [3.05, 3.63) is 56.5 Å². The van der Waals surface area contributed by atoms with Gasteiger partial charge in [-0.15, -0.1) is 0 Å². The third-order valence-corrected chi connectivity index (χ3v) is 3.72. The Hall–Kier alpha value is -1.42. The van der Waals surface area contributed by atoms with Crippen molar-refractivity contribution in [2.75, 3.05) is 6.61 Å². The van der Waals surface area contributed by atoms with Gasteiger partial charge >= 0.3 is 0 Å². The molecule has 0 fully saturated rings. The van der Waals surface area contributed by atoms with Crippen molar-refractivity contribution in [2.45, 2.75) is 13.5 Å². The quantitative estimate of drug-likeness (QED) is 0.644. The molecule has 2 aromatic rings. The van der Waals surface area contributed by atoms with Crippen LogP contribution in [0.3, 0.4) is 0 Å². The average Bonchev–Trinajstić information content (AvgIpc) is 2.48. The number of rotatable bonds is 6. The summed E-state index contributed by atoms with van der Waals surface area (Å²) in [7, 11) is 0. The van der Waals surface area contributed by atoms with Gasteiger partial charge in [-0.05, 0) is 31.2 Å². The predicted molar refractivity (Wildman–Crippen MR) is 88.8 cm³/mol. The van der Waals surface area contributed by atoms with Gasteiger partial charge in [-0.2, -0.15) is 0 Å². The van der Waals surface area contributed by atoms with Crippen LogP contribution in [0.4, 0.5) is 0 Å². The van der Waals surface area contributed by atoms with Crippen LogP contribution < -0.4 is 9.47 Å². The fourth-order valence-corrected chi connectivity index (χ4v) is 2.58. The van der Waals surface area contributed by atoms with E-state index in [2.05, 4.69) is 0 Å². The number of carbonyl (C=O) groups excluding carboxylic acids is 1. The molecule has 0 heterocycles. The molecule has 0 aromatic heterocycles. The zero-order chi connectivity index (χ0) is 16.1. The number of ether oxygens (including phenoxy) is 2. The van der Waals surface area contributed by atoms with Gasteiger partial charge < -0.3 is 9.47 Å². The fourth-order valence-electron chi connectivity index (χ4n) is 1.85. The molecule has 0 bridgehead atoms. The lowest BCUT2D eigenvalue weighted by Gasteiger charge is -2.14. The minimum atomic E-state index is 0.205. The van der Waals surface area contributed by atoms with E-state index < -0.39 is 0 Å². The predicted octanol–water partition coefficient (Wildman–Crippen LogP) is 5.44. The van der Waals surface area contributed by atoms with Crippen LogP contribution in [0.5, 0.6) is 11.5 Å². The Morgan fingerprint density at radius 2 is 1.82 bits per heavy atom. The van der Waals surface area contributed by atoms with E-state index in [0.717, 1.165) is 5.56 Å². The first kappa shape index (κ1) is 16.9. The number of benzene rings is 2. The second-order valence-corrected chi connectivity index (χ2v) is 5.66. The van der Waals surface area contributed by atoms with E-state index in [4.69, 9.17) is 44.3 Å². The largest absolute Gasteiger partial charge is 0.490 e. The SMILES string of the molecule is CCOc1cc(C=O)cc(Cl)c1OCc1ccc(Cl)cc1Cl. The van der Waals surface area contributed by atoms with E-state index in [1.165, 1.54) is 6.07 Å². The van der Waals surface area contributed by atoms with Crippen LogP contribution in [0.15, 0.2) is 30.3 Å². The Bertz CT molecular complexity index is 687. The summed E-state index contributed by atoms with van der Waals surface area (Å²) in [4.78, 5) is 10.9. The van der Waals surface area contributed by atoms with Gasteiger partial charge in [0.05, 0.1) is 11.6 Å². The second-order valence-electron chi connectivity index (χ2n) is 4.41. The van der Waals surface area contributed by atoms with Crippen LogP contribution in [0.2, 0.25) is 15.1 Å². The molecule has 0 N–H and O–H groups in total. The summed E-state index contributed by atoms with van der Waals surface area (Å²) in [5, 5.41) is 1.36. The summed E-state index contributed by atoms with van der Waals surface area (Å²) in [6.07, 6.45) is 0.703. The van der Waals surface area contributed by atoms with Gasteiger partial charge in [0.1, 0.15) is 12.9 Å². The zero-order valence-corrected chi connectivity index (χ0v) is 14.0. The molecule has 0 aliphatic carbocycles. The molecule has 0 aliphatic heterocycles. The van der Waals surface area contributed by atoms with Crippen LogP contribution in [-0.2, 0) is 6.61 Å². The molecule has 0 atom stereocenters. The number of aldehydes is 1. The van der Waals surface area contributed by atoms with Crippen molar-refractivity contribution in [1.82, 2.24) is 0 Å². The molecule has 3 nitrogen and oxygen atoms in total. The first-order chi connectivity index (χ1) is 10.5. The third kappa shape index (κ3) is 4.07. The third-order valence-electron chi connectivity index (χ3n) is 2.85. The summed E-state index contributed by atoms with van der Waals surface area (Å²) in [5.41, 5.74) is 1.19. The average molecular weight is 360 g/mol. The van der Waals surface area contributed by atoms with Crippen molar-refractivity contribution in [1.29, 1.82) is 0 Å². The minimum absolute atomic E-state index is 0.205. The Morgan fingerprint density at radius 1 is 1.05 bits per heavy atom. The van der Waals surface area contributed by atoms with E-state index in [-0.39, 0.29) is 6.61 Å². The lowest BCUT2D eigenvalue weighted by Crippen LogP contribution is -2.01. The van der Waals surface area contributed by atoms with Crippen molar-refractivity contribution >= 4 is 41.1 Å². The monoisotopic (exact) mass is 358 g/mol. The molecule has 22 heavy (non-hydrogen) atoms. The second kappa shape index (κ2) is 7.73. The Balaban J connectivity index is 2.26. The van der Waals surface area contributed by atoms with Crippen molar-refractivity contribution in [3.8, 4) is 11.5 Å². The van der Waals surface area contributed by atoms with Gasteiger partial charge in [-0.25, -0.2) is 0 Å². The zero-order valence-electron chi connectivity index (χ0n) is 11.7. The lowest BCUT2D eigenvalue weighted by atomic mass is 10.2. The van der Waals surface area contributed by atoms with Gasteiger partial charge in [0, 0.05) is 21.2 Å².